The number of pyridine rings is 1. The fourth-order valence-corrected chi connectivity index (χ4v) is 2.86. The van der Waals surface area contributed by atoms with Gasteiger partial charge >= 0.3 is 0 Å². The molecule has 0 spiro atoms. The average molecular weight is 297 g/mol. The molecule has 22 heavy (non-hydrogen) atoms. The maximum Gasteiger partial charge on any atom is 0.126 e. The van der Waals surface area contributed by atoms with Gasteiger partial charge in [-0.3, -0.25) is 4.90 Å². The summed E-state index contributed by atoms with van der Waals surface area (Å²) in [5.74, 6) is 0.939. The van der Waals surface area contributed by atoms with E-state index < -0.39 is 0 Å². The van der Waals surface area contributed by atoms with Crippen molar-refractivity contribution in [1.29, 1.82) is 0 Å². The van der Waals surface area contributed by atoms with Gasteiger partial charge in [0.25, 0.3) is 0 Å². The Hall–Kier alpha value is -1.91. The molecule has 4 nitrogen and oxygen atoms in total. The SMILES string of the molecule is Cc1cccc(NCC(c2ccccc2)N2CCOCC2)n1. The van der Waals surface area contributed by atoms with Gasteiger partial charge in [0.05, 0.1) is 19.3 Å². The Morgan fingerprint density at radius 3 is 2.59 bits per heavy atom. The summed E-state index contributed by atoms with van der Waals surface area (Å²) in [5, 5.41) is 3.49. The molecule has 0 saturated carbocycles. The fourth-order valence-electron chi connectivity index (χ4n) is 2.86. The van der Waals surface area contributed by atoms with Crippen molar-refractivity contribution in [3.63, 3.8) is 0 Å². The Morgan fingerprint density at radius 2 is 1.86 bits per heavy atom. The summed E-state index contributed by atoms with van der Waals surface area (Å²) in [6.07, 6.45) is 0. The molecule has 0 bridgehead atoms. The number of aromatic nitrogens is 1. The Bertz CT molecular complexity index is 582. The maximum atomic E-state index is 5.49. The number of anilines is 1. The predicted octanol–water partition coefficient (Wildman–Crippen LogP) is 2.88. The predicted molar refractivity (Wildman–Crippen MR) is 89.0 cm³/mol. The van der Waals surface area contributed by atoms with Crippen LogP contribution in [0.5, 0.6) is 0 Å². The van der Waals surface area contributed by atoms with Gasteiger partial charge in [-0.2, -0.15) is 0 Å². The molecule has 1 saturated heterocycles. The highest BCUT2D eigenvalue weighted by Crippen LogP contribution is 2.22. The molecule has 0 aliphatic carbocycles. The summed E-state index contributed by atoms with van der Waals surface area (Å²) in [6, 6.07) is 17.1. The molecule has 4 heteroatoms. The number of hydrogen-bond donors (Lipinski definition) is 1. The van der Waals surface area contributed by atoms with Gasteiger partial charge in [0, 0.05) is 25.3 Å². The van der Waals surface area contributed by atoms with E-state index in [2.05, 4.69) is 45.5 Å². The first kappa shape index (κ1) is 15.0. The van der Waals surface area contributed by atoms with Gasteiger partial charge in [0.1, 0.15) is 5.82 Å². The number of hydrogen-bond acceptors (Lipinski definition) is 4. The van der Waals surface area contributed by atoms with Crippen LogP contribution in [0.4, 0.5) is 5.82 Å². The number of benzene rings is 1. The Balaban J connectivity index is 1.73. The number of nitrogens with one attached hydrogen (secondary N) is 1. The van der Waals surface area contributed by atoms with Crippen molar-refractivity contribution in [2.24, 2.45) is 0 Å². The molecular formula is C18H23N3O. The molecule has 1 aromatic heterocycles. The lowest BCUT2D eigenvalue weighted by Gasteiger charge is -2.35. The third-order valence-electron chi connectivity index (χ3n) is 4.04. The second kappa shape index (κ2) is 7.38. The maximum absolute atomic E-state index is 5.49. The molecule has 2 aromatic rings. The molecule has 3 rings (SSSR count). The molecule has 1 N–H and O–H groups in total. The molecule has 1 aromatic carbocycles. The van der Waals surface area contributed by atoms with Gasteiger partial charge in [-0.1, -0.05) is 36.4 Å². The van der Waals surface area contributed by atoms with Crippen molar-refractivity contribution in [3.8, 4) is 0 Å². The van der Waals surface area contributed by atoms with Gasteiger partial charge in [-0.15, -0.1) is 0 Å². The van der Waals surface area contributed by atoms with Crippen LogP contribution in [0.2, 0.25) is 0 Å². The van der Waals surface area contributed by atoms with E-state index in [1.54, 1.807) is 0 Å². The van der Waals surface area contributed by atoms with Gasteiger partial charge in [0.2, 0.25) is 0 Å². The first-order chi connectivity index (χ1) is 10.8. The van der Waals surface area contributed by atoms with E-state index in [0.717, 1.165) is 44.4 Å². The van der Waals surface area contributed by atoms with E-state index in [0.29, 0.717) is 6.04 Å². The molecule has 1 aliphatic rings. The summed E-state index contributed by atoms with van der Waals surface area (Å²) >= 11 is 0. The van der Waals surface area contributed by atoms with Gasteiger partial charge in [-0.05, 0) is 24.6 Å². The second-order valence-corrected chi connectivity index (χ2v) is 5.62. The molecular weight excluding hydrogens is 274 g/mol. The van der Waals surface area contributed by atoms with Gasteiger partial charge < -0.3 is 10.1 Å². The topological polar surface area (TPSA) is 37.4 Å². The van der Waals surface area contributed by atoms with E-state index in [-0.39, 0.29) is 0 Å². The number of aryl methyl sites for hydroxylation is 1. The first-order valence-corrected chi connectivity index (χ1v) is 7.87. The molecule has 0 amide bonds. The zero-order chi connectivity index (χ0) is 15.2. The monoisotopic (exact) mass is 297 g/mol. The van der Waals surface area contributed by atoms with Crippen molar-refractivity contribution in [2.75, 3.05) is 38.2 Å². The zero-order valence-electron chi connectivity index (χ0n) is 13.0. The number of nitrogens with zero attached hydrogens (tertiary/aromatic N) is 2. The fraction of sp³-hybridized carbons (Fsp3) is 0.389. The summed E-state index contributed by atoms with van der Waals surface area (Å²) in [4.78, 5) is 7.02. The Labute approximate surface area is 132 Å². The number of ether oxygens (including phenoxy) is 1. The van der Waals surface area contributed by atoms with Crippen LogP contribution in [0.15, 0.2) is 48.5 Å². The molecule has 1 atom stereocenters. The lowest BCUT2D eigenvalue weighted by molar-refractivity contribution is 0.0187. The molecule has 116 valence electrons. The highest BCUT2D eigenvalue weighted by atomic mass is 16.5. The van der Waals surface area contributed by atoms with Crippen molar-refractivity contribution >= 4 is 5.82 Å². The van der Waals surface area contributed by atoms with Crippen LogP contribution < -0.4 is 5.32 Å². The third-order valence-corrected chi connectivity index (χ3v) is 4.04. The van der Waals surface area contributed by atoms with Crippen LogP contribution in [0.25, 0.3) is 0 Å². The normalized spacial score (nSPS) is 17.1. The lowest BCUT2D eigenvalue weighted by atomic mass is 10.0. The van der Waals surface area contributed by atoms with Crippen molar-refractivity contribution in [1.82, 2.24) is 9.88 Å². The molecule has 2 heterocycles. The smallest absolute Gasteiger partial charge is 0.126 e. The number of rotatable bonds is 5. The number of morpholine rings is 1. The summed E-state index contributed by atoms with van der Waals surface area (Å²) in [7, 11) is 0. The summed E-state index contributed by atoms with van der Waals surface area (Å²) in [6.45, 7) is 6.44. The third kappa shape index (κ3) is 3.84. The van der Waals surface area contributed by atoms with E-state index in [4.69, 9.17) is 4.74 Å². The second-order valence-electron chi connectivity index (χ2n) is 5.62. The molecule has 1 fully saturated rings. The summed E-state index contributed by atoms with van der Waals surface area (Å²) < 4.78 is 5.49. The van der Waals surface area contributed by atoms with Gasteiger partial charge in [-0.25, -0.2) is 4.98 Å². The van der Waals surface area contributed by atoms with Crippen molar-refractivity contribution in [3.05, 3.63) is 59.8 Å². The quantitative estimate of drug-likeness (QED) is 0.921. The van der Waals surface area contributed by atoms with Crippen LogP contribution in [0.1, 0.15) is 17.3 Å². The Morgan fingerprint density at radius 1 is 1.09 bits per heavy atom. The standard InChI is InChI=1S/C18H23N3O/c1-15-6-5-9-18(20-15)19-14-17(16-7-3-2-4-8-16)21-10-12-22-13-11-21/h2-9,17H,10-14H2,1H3,(H,19,20). The average Bonchev–Trinajstić information content (AvgIpc) is 2.57. The van der Waals surface area contributed by atoms with Crippen LogP contribution in [0.3, 0.4) is 0 Å². The minimum absolute atomic E-state index is 0.340. The van der Waals surface area contributed by atoms with E-state index >= 15 is 0 Å². The molecule has 1 aliphatic heterocycles. The van der Waals surface area contributed by atoms with Crippen LogP contribution >= 0.6 is 0 Å². The minimum Gasteiger partial charge on any atom is -0.379 e. The molecule has 0 radical (unpaired) electrons. The minimum atomic E-state index is 0.340. The van der Waals surface area contributed by atoms with Crippen molar-refractivity contribution < 1.29 is 4.74 Å². The molecule has 1 unspecified atom stereocenters. The van der Waals surface area contributed by atoms with Crippen LogP contribution in [0, 0.1) is 6.92 Å². The Kier molecular flexibility index (Phi) is 5.03. The largest absolute Gasteiger partial charge is 0.379 e. The zero-order valence-corrected chi connectivity index (χ0v) is 13.0. The van der Waals surface area contributed by atoms with E-state index in [1.807, 2.05) is 25.1 Å². The van der Waals surface area contributed by atoms with Crippen molar-refractivity contribution in [2.45, 2.75) is 13.0 Å². The summed E-state index contributed by atoms with van der Waals surface area (Å²) in [5.41, 5.74) is 2.37. The van der Waals surface area contributed by atoms with E-state index in [1.165, 1.54) is 5.56 Å². The van der Waals surface area contributed by atoms with Crippen LogP contribution in [-0.2, 0) is 4.74 Å². The lowest BCUT2D eigenvalue weighted by Crippen LogP contribution is -2.41. The van der Waals surface area contributed by atoms with Crippen LogP contribution in [-0.4, -0.2) is 42.7 Å². The highest BCUT2D eigenvalue weighted by molar-refractivity contribution is 5.36. The first-order valence-electron chi connectivity index (χ1n) is 7.87. The van der Waals surface area contributed by atoms with Gasteiger partial charge in [0.15, 0.2) is 0 Å². The highest BCUT2D eigenvalue weighted by Gasteiger charge is 2.22. The van der Waals surface area contributed by atoms with E-state index in [9.17, 15) is 0 Å².